The summed E-state index contributed by atoms with van der Waals surface area (Å²) in [5, 5.41) is 0. The fourth-order valence-electron chi connectivity index (χ4n) is 0.712. The van der Waals surface area contributed by atoms with Crippen LogP contribution >= 0.6 is 8.38 Å². The van der Waals surface area contributed by atoms with E-state index in [9.17, 15) is 0 Å². The van der Waals surface area contributed by atoms with E-state index >= 15 is 0 Å². The molecule has 80 valence electrons. The van der Waals surface area contributed by atoms with E-state index in [1.54, 1.807) is 0 Å². The van der Waals surface area contributed by atoms with Gasteiger partial charge in [-0.3, -0.25) is 6.79 Å². The van der Waals surface area contributed by atoms with Crippen LogP contribution in [0, 0.1) is 0 Å². The van der Waals surface area contributed by atoms with E-state index in [0.29, 0.717) is 0 Å². The second-order valence-corrected chi connectivity index (χ2v) is 3.81. The minimum Gasteiger partial charge on any atom is -0.545 e. The molecule has 0 N–H and O–H groups in total. The number of hydrogen-bond acceptors (Lipinski definition) is 3. The van der Waals surface area contributed by atoms with Gasteiger partial charge in [0, 0.05) is 21.1 Å². The third-order valence-corrected chi connectivity index (χ3v) is 3.19. The second kappa shape index (κ2) is 18.5. The van der Waals surface area contributed by atoms with Crippen molar-refractivity contribution in [2.45, 2.75) is 27.2 Å². The van der Waals surface area contributed by atoms with Gasteiger partial charge in [0.2, 0.25) is 0 Å². The topological polar surface area (TPSA) is 35.5 Å². The Bertz CT molecular complexity index is 71.5. The summed E-state index contributed by atoms with van der Waals surface area (Å²) in [6.07, 6.45) is 2.26. The molecule has 0 saturated heterocycles. The average molecular weight is 378 g/mol. The Labute approximate surface area is 96.7 Å². The van der Waals surface area contributed by atoms with Crippen molar-refractivity contribution in [3.8, 4) is 0 Å². The van der Waals surface area contributed by atoms with Crippen molar-refractivity contribution in [2.75, 3.05) is 19.4 Å². The molecule has 0 heterocycles. The second-order valence-electron chi connectivity index (χ2n) is 1.99. The van der Waals surface area contributed by atoms with E-state index in [-0.39, 0.29) is 21.1 Å². The molecule has 0 atom stereocenters. The monoisotopic (exact) mass is 378 g/mol. The molecular formula is C8H19O3PW. The van der Waals surface area contributed by atoms with Crippen LogP contribution in [0.1, 0.15) is 27.2 Å². The van der Waals surface area contributed by atoms with Gasteiger partial charge in [0.15, 0.2) is 0 Å². The Kier molecular flexibility index (Phi) is 27.5. The van der Waals surface area contributed by atoms with Crippen molar-refractivity contribution >= 4 is 15.2 Å². The Hall–Kier alpha value is 0.708. The van der Waals surface area contributed by atoms with E-state index in [1.807, 2.05) is 13.8 Å². The first-order chi connectivity index (χ1) is 5.85. The van der Waals surface area contributed by atoms with Crippen LogP contribution in [-0.4, -0.2) is 26.2 Å². The third-order valence-electron chi connectivity index (χ3n) is 1.06. The zero-order chi connectivity index (χ0) is 9.82. The Morgan fingerprint density at radius 1 is 1.08 bits per heavy atom. The van der Waals surface area contributed by atoms with Crippen LogP contribution < -0.4 is 0 Å². The molecule has 5 heteroatoms. The maximum Gasteiger partial charge on any atom is 0.263 e. The summed E-state index contributed by atoms with van der Waals surface area (Å²) < 4.78 is 10.8. The van der Waals surface area contributed by atoms with Crippen LogP contribution in [0.25, 0.3) is 0 Å². The van der Waals surface area contributed by atoms with Crippen LogP contribution in [0.3, 0.4) is 0 Å². The summed E-state index contributed by atoms with van der Waals surface area (Å²) in [7, 11) is -0.897. The van der Waals surface area contributed by atoms with E-state index in [0.717, 1.165) is 25.8 Å². The third kappa shape index (κ3) is 15.5. The molecular weight excluding hydrogens is 359 g/mol. The smallest absolute Gasteiger partial charge is 0.263 e. The number of carbonyl (C=O) groups excluding carboxylic acids is 1. The van der Waals surface area contributed by atoms with Crippen molar-refractivity contribution in [1.29, 1.82) is 0 Å². The van der Waals surface area contributed by atoms with E-state index in [2.05, 4.69) is 13.7 Å². The van der Waals surface area contributed by atoms with Crippen LogP contribution in [0.5, 0.6) is 0 Å². The fourth-order valence-corrected chi connectivity index (χ4v) is 2.14. The van der Waals surface area contributed by atoms with Crippen LogP contribution in [0.4, 0.5) is 0 Å². The SMILES string of the molecule is CCC[PH+](OCC)OCC.[CH-]=O.[W]. The first-order valence-corrected chi connectivity index (χ1v) is 5.72. The van der Waals surface area contributed by atoms with Gasteiger partial charge in [-0.25, -0.2) is 9.05 Å². The summed E-state index contributed by atoms with van der Waals surface area (Å²) in [6, 6.07) is 0. The molecule has 0 saturated carbocycles. The van der Waals surface area contributed by atoms with E-state index in [1.165, 1.54) is 0 Å². The van der Waals surface area contributed by atoms with Gasteiger partial charge in [-0.2, -0.15) is 0 Å². The van der Waals surface area contributed by atoms with Gasteiger partial charge >= 0.3 is 0 Å². The minimum atomic E-state index is -0.897. The van der Waals surface area contributed by atoms with Crippen LogP contribution in [0.2, 0.25) is 0 Å². The van der Waals surface area contributed by atoms with Crippen molar-refractivity contribution in [1.82, 2.24) is 0 Å². The largest absolute Gasteiger partial charge is 0.545 e. The van der Waals surface area contributed by atoms with E-state index in [4.69, 9.17) is 13.8 Å². The molecule has 0 amide bonds. The van der Waals surface area contributed by atoms with Gasteiger partial charge in [-0.1, -0.05) is 6.92 Å². The molecule has 0 aliphatic rings. The molecule has 0 unspecified atom stereocenters. The van der Waals surface area contributed by atoms with Crippen LogP contribution in [-0.2, 0) is 34.9 Å². The van der Waals surface area contributed by atoms with Crippen molar-refractivity contribution in [2.24, 2.45) is 0 Å². The van der Waals surface area contributed by atoms with Gasteiger partial charge in [-0.05, 0) is 20.3 Å². The molecule has 3 nitrogen and oxygen atoms in total. The molecule has 13 heavy (non-hydrogen) atoms. The Morgan fingerprint density at radius 3 is 1.69 bits per heavy atom. The van der Waals surface area contributed by atoms with Crippen molar-refractivity contribution < 1.29 is 34.9 Å². The fraction of sp³-hybridized carbons (Fsp3) is 0.875. The van der Waals surface area contributed by atoms with Gasteiger partial charge < -0.3 is 4.79 Å². The summed E-state index contributed by atoms with van der Waals surface area (Å²) >= 11 is 0. The Balaban J connectivity index is -0.000000309. The number of rotatable bonds is 6. The zero-order valence-corrected chi connectivity index (χ0v) is 12.5. The minimum absolute atomic E-state index is 0. The molecule has 0 aliphatic heterocycles. The van der Waals surface area contributed by atoms with E-state index < -0.39 is 8.38 Å². The maximum absolute atomic E-state index is 7.75. The zero-order valence-electron chi connectivity index (χ0n) is 8.54. The standard InChI is InChI=1S/C7H17O2P.CHO.W/c1-4-7-10(8-5-2)9-6-3;1-2;/h4-7H2,1-3H3;1H;/q;-1;/p+1. The summed E-state index contributed by atoms with van der Waals surface area (Å²) in [6.45, 7) is 11.0. The normalized spacial score (nSPS) is 8.62. The predicted octanol–water partition coefficient (Wildman–Crippen LogP) is 2.24. The molecule has 0 bridgehead atoms. The summed E-state index contributed by atoms with van der Waals surface area (Å²) in [5.74, 6) is 0. The molecule has 0 aliphatic carbocycles. The maximum atomic E-state index is 7.75. The van der Waals surface area contributed by atoms with Crippen molar-refractivity contribution in [3.05, 3.63) is 0 Å². The molecule has 0 spiro atoms. The summed E-state index contributed by atoms with van der Waals surface area (Å²) in [5.41, 5.74) is 0. The van der Waals surface area contributed by atoms with Crippen molar-refractivity contribution in [3.63, 3.8) is 0 Å². The van der Waals surface area contributed by atoms with Gasteiger partial charge in [-0.15, -0.1) is 0 Å². The number of hydrogen-bond donors (Lipinski definition) is 0. The quantitative estimate of drug-likeness (QED) is 0.404. The first-order valence-electron chi connectivity index (χ1n) is 4.20. The molecule has 0 fully saturated rings. The van der Waals surface area contributed by atoms with Crippen LogP contribution in [0.15, 0.2) is 0 Å². The molecule has 0 aromatic heterocycles. The van der Waals surface area contributed by atoms with Gasteiger partial charge in [0.25, 0.3) is 8.38 Å². The molecule has 0 rings (SSSR count). The first kappa shape index (κ1) is 19.3. The molecule has 0 aromatic carbocycles. The Morgan fingerprint density at radius 2 is 1.46 bits per heavy atom. The van der Waals surface area contributed by atoms with Gasteiger partial charge in [0.05, 0.1) is 13.2 Å². The molecule has 0 aromatic rings. The average Bonchev–Trinajstić information content (AvgIpc) is 2.10. The van der Waals surface area contributed by atoms with Gasteiger partial charge in [0.1, 0.15) is 6.16 Å². The summed E-state index contributed by atoms with van der Waals surface area (Å²) in [4.78, 5) is 7.75. The predicted molar refractivity (Wildman–Crippen MR) is 53.5 cm³/mol. The molecule has 0 radical (unpaired) electrons.